The summed E-state index contributed by atoms with van der Waals surface area (Å²) in [5, 5.41) is 76.5. The minimum Gasteiger partial charge on any atom is -0.394 e. The molecule has 7 N–H and O–H groups in total. The molecule has 0 radical (unpaired) electrons. The first-order valence-electron chi connectivity index (χ1n) is 17.9. The number of hydrogen-bond donors (Lipinski definition) is 7. The van der Waals surface area contributed by atoms with E-state index < -0.39 is 66.5 Å². The normalized spacial score (nSPS) is 51.4. The van der Waals surface area contributed by atoms with Crippen LogP contribution in [-0.4, -0.2) is 103 Å². The zero-order valence-corrected chi connectivity index (χ0v) is 29.5. The van der Waals surface area contributed by atoms with Crippen LogP contribution in [0.2, 0.25) is 0 Å². The smallest absolute Gasteiger partial charge is 0.111 e. The Morgan fingerprint density at radius 1 is 0.870 bits per heavy atom. The van der Waals surface area contributed by atoms with Gasteiger partial charge in [0.1, 0.15) is 30.5 Å². The van der Waals surface area contributed by atoms with Gasteiger partial charge in [-0.05, 0) is 117 Å². The Morgan fingerprint density at radius 2 is 1.52 bits per heavy atom. The fourth-order valence-electron chi connectivity index (χ4n) is 12.2. The lowest BCUT2D eigenvalue weighted by Gasteiger charge is -2.71. The molecule has 5 aliphatic rings. The molecule has 9 heteroatoms. The Kier molecular flexibility index (Phi) is 10.0. The second-order valence-electron chi connectivity index (χ2n) is 17.8. The quantitative estimate of drug-likeness (QED) is 0.195. The Bertz CT molecular complexity index is 1120. The van der Waals surface area contributed by atoms with Gasteiger partial charge in [-0.1, -0.05) is 46.3 Å². The van der Waals surface area contributed by atoms with Crippen LogP contribution in [0.15, 0.2) is 11.6 Å². The highest BCUT2D eigenvalue weighted by Gasteiger charge is 2.73. The molecular formula is C37H64O9. The van der Waals surface area contributed by atoms with E-state index in [1.807, 2.05) is 0 Å². The molecule has 4 saturated carbocycles. The number of hydrogen-bond acceptors (Lipinski definition) is 9. The molecule has 4 aliphatic carbocycles. The molecule has 9 nitrogen and oxygen atoms in total. The summed E-state index contributed by atoms with van der Waals surface area (Å²) in [5.74, 6) is 0.0625. The summed E-state index contributed by atoms with van der Waals surface area (Å²) in [4.78, 5) is 0. The van der Waals surface area contributed by atoms with Crippen LogP contribution in [0.3, 0.4) is 0 Å². The van der Waals surface area contributed by atoms with Crippen LogP contribution in [-0.2, 0) is 9.47 Å². The molecule has 266 valence electrons. The minimum atomic E-state index is -1.46. The van der Waals surface area contributed by atoms with Crippen LogP contribution in [0, 0.1) is 45.3 Å². The van der Waals surface area contributed by atoms with Gasteiger partial charge in [0.2, 0.25) is 0 Å². The highest BCUT2D eigenvalue weighted by Crippen LogP contribution is 2.76. The Labute approximate surface area is 276 Å². The van der Waals surface area contributed by atoms with E-state index in [2.05, 4.69) is 61.5 Å². The summed E-state index contributed by atoms with van der Waals surface area (Å²) in [7, 11) is 0. The lowest BCUT2D eigenvalue weighted by atomic mass is 9.34. The van der Waals surface area contributed by atoms with Crippen molar-refractivity contribution in [1.82, 2.24) is 0 Å². The van der Waals surface area contributed by atoms with Crippen molar-refractivity contribution in [3.63, 3.8) is 0 Å². The van der Waals surface area contributed by atoms with E-state index in [9.17, 15) is 35.7 Å². The van der Waals surface area contributed by atoms with Gasteiger partial charge in [0.15, 0.2) is 0 Å². The van der Waals surface area contributed by atoms with Gasteiger partial charge in [-0.15, -0.1) is 0 Å². The van der Waals surface area contributed by atoms with Gasteiger partial charge in [-0.3, -0.25) is 0 Å². The molecular weight excluding hydrogens is 588 g/mol. The molecule has 5 rings (SSSR count). The van der Waals surface area contributed by atoms with Crippen LogP contribution in [0.4, 0.5) is 0 Å². The topological polar surface area (TPSA) is 160 Å². The number of fused-ring (bicyclic) bond motifs is 5. The summed E-state index contributed by atoms with van der Waals surface area (Å²) >= 11 is 0. The molecule has 0 amide bonds. The predicted molar refractivity (Wildman–Crippen MR) is 175 cm³/mol. The van der Waals surface area contributed by atoms with Crippen molar-refractivity contribution < 1.29 is 45.2 Å². The molecule has 0 spiro atoms. The third-order valence-electron chi connectivity index (χ3n) is 14.8. The van der Waals surface area contributed by atoms with Crippen molar-refractivity contribution in [3.05, 3.63) is 11.6 Å². The first kappa shape index (κ1) is 36.7. The van der Waals surface area contributed by atoms with Crippen LogP contribution in [0.5, 0.6) is 0 Å². The van der Waals surface area contributed by atoms with Crippen molar-refractivity contribution in [2.75, 3.05) is 13.2 Å². The average molecular weight is 653 g/mol. The van der Waals surface area contributed by atoms with Gasteiger partial charge >= 0.3 is 0 Å². The second-order valence-corrected chi connectivity index (χ2v) is 17.8. The molecule has 1 saturated heterocycles. The van der Waals surface area contributed by atoms with Crippen molar-refractivity contribution >= 4 is 0 Å². The van der Waals surface area contributed by atoms with Crippen LogP contribution >= 0.6 is 0 Å². The van der Waals surface area contributed by atoms with Crippen molar-refractivity contribution in [2.45, 2.75) is 161 Å². The van der Waals surface area contributed by atoms with E-state index in [1.165, 1.54) is 5.57 Å². The standard InChI is InChI=1S/C37H64O9/c1-20(2)10-9-13-37(8,45-19-25-30(43)31(44)29(42)24(18-38)46-25)21-11-15-35(6)28(21)22(39)16-26-34(5)14-12-27(41)33(3,4)32(34)23(40)17-36(26,35)7/h10,21-32,38-44H,9,11-19H2,1-8H3/t21?,22-,23+,24?,25?,26?,27?,28?,29+,30-,31+,32?,34-,35-,36-,37+/m1/s1. The Balaban J connectivity index is 1.46. The van der Waals surface area contributed by atoms with E-state index in [0.717, 1.165) is 25.7 Å². The zero-order chi connectivity index (χ0) is 34.2. The molecule has 0 aromatic rings. The van der Waals surface area contributed by atoms with Gasteiger partial charge < -0.3 is 45.2 Å². The molecule has 0 aromatic heterocycles. The maximum absolute atomic E-state index is 12.3. The first-order chi connectivity index (χ1) is 21.3. The van der Waals surface area contributed by atoms with Crippen LogP contribution in [0.25, 0.3) is 0 Å². The SMILES string of the molecule is CC(C)=CCC[C@](C)(OCC1OC(CO)[C@H](O)[C@H](O)[C@@H]1O)C1CC[C@]2(C)C1[C@H](O)CC1[C@@]3(C)CCC(O)C(C)(C)C3[C@@H](O)C[C@]12C. The molecule has 1 aliphatic heterocycles. The number of rotatable bonds is 8. The van der Waals surface area contributed by atoms with Crippen LogP contribution in [0.1, 0.15) is 107 Å². The van der Waals surface area contributed by atoms with Crippen LogP contribution < -0.4 is 0 Å². The minimum absolute atomic E-state index is 0.00647. The predicted octanol–water partition coefficient (Wildman–Crippen LogP) is 3.34. The van der Waals surface area contributed by atoms with E-state index in [4.69, 9.17) is 9.47 Å². The second kappa shape index (κ2) is 12.6. The van der Waals surface area contributed by atoms with Crippen molar-refractivity contribution in [1.29, 1.82) is 0 Å². The molecule has 7 unspecified atom stereocenters. The fourth-order valence-corrected chi connectivity index (χ4v) is 12.2. The molecule has 5 fully saturated rings. The number of aliphatic hydroxyl groups excluding tert-OH is 7. The number of aliphatic hydroxyl groups is 7. The third kappa shape index (κ3) is 5.56. The summed E-state index contributed by atoms with van der Waals surface area (Å²) in [6, 6.07) is 0. The van der Waals surface area contributed by atoms with E-state index in [-0.39, 0.29) is 46.5 Å². The molecule has 46 heavy (non-hydrogen) atoms. The number of ether oxygens (including phenoxy) is 2. The summed E-state index contributed by atoms with van der Waals surface area (Å²) in [5.41, 5.74) is -0.620. The number of allylic oxidation sites excluding steroid dienone is 2. The maximum Gasteiger partial charge on any atom is 0.111 e. The van der Waals surface area contributed by atoms with E-state index >= 15 is 0 Å². The molecule has 16 atom stereocenters. The lowest BCUT2D eigenvalue weighted by Crippen LogP contribution is -2.69. The van der Waals surface area contributed by atoms with Crippen molar-refractivity contribution in [3.8, 4) is 0 Å². The van der Waals surface area contributed by atoms with E-state index in [0.29, 0.717) is 25.7 Å². The largest absolute Gasteiger partial charge is 0.394 e. The van der Waals surface area contributed by atoms with Crippen molar-refractivity contribution in [2.24, 2.45) is 45.3 Å². The van der Waals surface area contributed by atoms with Gasteiger partial charge in [0.05, 0.1) is 37.1 Å². The lowest BCUT2D eigenvalue weighted by molar-refractivity contribution is -0.278. The summed E-state index contributed by atoms with van der Waals surface area (Å²) < 4.78 is 12.6. The zero-order valence-electron chi connectivity index (χ0n) is 29.5. The van der Waals surface area contributed by atoms with Gasteiger partial charge in [-0.25, -0.2) is 0 Å². The molecule has 1 heterocycles. The highest BCUT2D eigenvalue weighted by molar-refractivity contribution is 5.21. The van der Waals surface area contributed by atoms with E-state index in [1.54, 1.807) is 0 Å². The van der Waals surface area contributed by atoms with Gasteiger partial charge in [-0.2, -0.15) is 0 Å². The first-order valence-corrected chi connectivity index (χ1v) is 17.9. The maximum atomic E-state index is 12.3. The molecule has 0 aromatic carbocycles. The Hall–Kier alpha value is -0.620. The highest BCUT2D eigenvalue weighted by atomic mass is 16.6. The Morgan fingerprint density at radius 3 is 2.15 bits per heavy atom. The third-order valence-corrected chi connectivity index (χ3v) is 14.8. The summed E-state index contributed by atoms with van der Waals surface area (Å²) in [6.45, 7) is 16.9. The van der Waals surface area contributed by atoms with Gasteiger partial charge in [0.25, 0.3) is 0 Å². The fraction of sp³-hybridized carbons (Fsp3) is 0.946. The molecule has 0 bridgehead atoms. The average Bonchev–Trinajstić information content (AvgIpc) is 3.35. The monoisotopic (exact) mass is 652 g/mol. The summed E-state index contributed by atoms with van der Waals surface area (Å²) in [6.07, 6.45) is 0.476. The van der Waals surface area contributed by atoms with Gasteiger partial charge in [0, 0.05) is 0 Å².